The molecule has 0 bridgehead atoms. The monoisotopic (exact) mass is 609 g/mol. The van der Waals surface area contributed by atoms with Crippen LogP contribution in [0, 0.1) is 0 Å². The van der Waals surface area contributed by atoms with Gasteiger partial charge in [0.25, 0.3) is 0 Å². The number of nitrogen functional groups attached to an aromatic ring is 3. The predicted octanol–water partition coefficient (Wildman–Crippen LogP) is -1.03. The number of primary sulfonamides is 2. The average molecular weight is 610 g/mol. The van der Waals surface area contributed by atoms with E-state index in [1.807, 2.05) is 0 Å². The Bertz CT molecular complexity index is 1890. The van der Waals surface area contributed by atoms with Crippen LogP contribution in [-0.4, -0.2) is 38.8 Å². The van der Waals surface area contributed by atoms with Crippen LogP contribution in [0.2, 0.25) is 0 Å². The minimum atomic E-state index is -5.13. The summed E-state index contributed by atoms with van der Waals surface area (Å²) in [5.74, 6) is -2.51. The summed E-state index contributed by atoms with van der Waals surface area (Å²) in [7, 11) is -18.7. The molecule has 0 aliphatic carbocycles. The predicted molar refractivity (Wildman–Crippen MR) is 133 cm³/mol. The summed E-state index contributed by atoms with van der Waals surface area (Å²) in [6.45, 7) is 0. The number of hydrogen-bond acceptors (Lipinski definition) is 14. The first-order chi connectivity index (χ1) is 17.2. The summed E-state index contributed by atoms with van der Waals surface area (Å²) in [6.07, 6.45) is 0. The van der Waals surface area contributed by atoms with Crippen LogP contribution in [0.3, 0.4) is 0 Å². The SMILES string of the molecule is Nc1ccc(S(N)(=O)=O)cc1OS(=O)(=O)c1cc(N)c(O)c(S(=O)(=O)Oc2cc(S(N)(=O)=O)ccc2N)c1. The van der Waals surface area contributed by atoms with E-state index in [1.54, 1.807) is 0 Å². The van der Waals surface area contributed by atoms with Crippen molar-refractivity contribution in [3.63, 3.8) is 0 Å². The molecule has 3 aromatic carbocycles. The van der Waals surface area contributed by atoms with E-state index in [0.717, 1.165) is 24.3 Å². The van der Waals surface area contributed by atoms with Crippen LogP contribution in [0.25, 0.3) is 0 Å². The minimum absolute atomic E-state index is 0.325. The Morgan fingerprint density at radius 3 is 1.39 bits per heavy atom. The van der Waals surface area contributed by atoms with Crippen molar-refractivity contribution in [3.05, 3.63) is 48.5 Å². The molecule has 11 N–H and O–H groups in total. The highest BCUT2D eigenvalue weighted by Crippen LogP contribution is 2.37. The molecule has 0 atom stereocenters. The Balaban J connectivity index is 2.09. The zero-order valence-corrected chi connectivity index (χ0v) is 21.9. The number of phenols is 1. The van der Waals surface area contributed by atoms with E-state index in [2.05, 4.69) is 0 Å². The Morgan fingerprint density at radius 1 is 0.553 bits per heavy atom. The van der Waals surface area contributed by atoms with E-state index in [0.29, 0.717) is 24.3 Å². The van der Waals surface area contributed by atoms with Gasteiger partial charge >= 0.3 is 20.2 Å². The van der Waals surface area contributed by atoms with E-state index in [4.69, 9.17) is 35.8 Å². The molecule has 20 heteroatoms. The number of sulfonamides is 2. The molecule has 3 aromatic rings. The first-order valence-corrected chi connectivity index (χ1v) is 15.5. The lowest BCUT2D eigenvalue weighted by molar-refractivity contribution is 0.445. The number of benzene rings is 3. The molecule has 38 heavy (non-hydrogen) atoms. The lowest BCUT2D eigenvalue weighted by atomic mass is 10.3. The van der Waals surface area contributed by atoms with Crippen LogP contribution in [0.5, 0.6) is 17.2 Å². The van der Waals surface area contributed by atoms with Crippen molar-refractivity contribution >= 4 is 57.3 Å². The Kier molecular flexibility index (Phi) is 7.18. The molecule has 0 aromatic heterocycles. The van der Waals surface area contributed by atoms with Gasteiger partial charge in [-0.1, -0.05) is 0 Å². The maximum atomic E-state index is 12.9. The normalized spacial score (nSPS) is 12.7. The first-order valence-electron chi connectivity index (χ1n) is 9.58. The number of hydrogen-bond donors (Lipinski definition) is 6. The summed E-state index contributed by atoms with van der Waals surface area (Å²) >= 11 is 0. The Morgan fingerprint density at radius 2 is 0.974 bits per heavy atom. The number of phenolic OH excluding ortho intramolecular Hbond substituents is 1. The van der Waals surface area contributed by atoms with Gasteiger partial charge in [0.05, 0.1) is 26.9 Å². The second-order valence-corrected chi connectivity index (χ2v) is 13.6. The van der Waals surface area contributed by atoms with Gasteiger partial charge < -0.3 is 30.7 Å². The number of rotatable bonds is 8. The molecule has 0 heterocycles. The molecule has 0 radical (unpaired) electrons. The Hall–Kier alpha value is -3.82. The molecule has 0 fully saturated rings. The minimum Gasteiger partial charge on any atom is -0.504 e. The van der Waals surface area contributed by atoms with Crippen molar-refractivity contribution in [1.82, 2.24) is 0 Å². The van der Waals surface area contributed by atoms with Crippen LogP contribution in [0.1, 0.15) is 0 Å². The summed E-state index contributed by atoms with van der Waals surface area (Å²) in [5, 5.41) is 20.3. The molecule has 0 saturated carbocycles. The third kappa shape index (κ3) is 6.00. The summed E-state index contributed by atoms with van der Waals surface area (Å²) in [6, 6.07) is 6.39. The largest absolute Gasteiger partial charge is 0.504 e. The molecule has 0 aliphatic heterocycles. The van der Waals surface area contributed by atoms with Crippen molar-refractivity contribution in [2.24, 2.45) is 10.3 Å². The molecule has 0 unspecified atom stereocenters. The maximum absolute atomic E-state index is 12.9. The van der Waals surface area contributed by atoms with Crippen LogP contribution >= 0.6 is 0 Å². The lowest BCUT2D eigenvalue weighted by Crippen LogP contribution is -2.17. The molecule has 0 spiro atoms. The van der Waals surface area contributed by atoms with Crippen molar-refractivity contribution in [3.8, 4) is 17.2 Å². The van der Waals surface area contributed by atoms with Gasteiger partial charge in [-0.25, -0.2) is 27.1 Å². The zero-order valence-electron chi connectivity index (χ0n) is 18.7. The van der Waals surface area contributed by atoms with Crippen molar-refractivity contribution in [1.29, 1.82) is 0 Å². The fourth-order valence-electron chi connectivity index (χ4n) is 2.80. The molecule has 0 aliphatic rings. The van der Waals surface area contributed by atoms with E-state index in [9.17, 15) is 38.8 Å². The standard InChI is InChI=1S/C18H19N5O11S4/c19-12-3-1-9(35(22,25)26)6-15(12)33-37(29,30)11-5-14(21)18(24)17(8-11)38(31,32)34-16-7-10(36(23,27)28)2-4-13(16)20/h1-8,24H,19-21H2,(H2,22,25,26)(H2,23,27,28). The van der Waals surface area contributed by atoms with E-state index in [-0.39, 0.29) is 11.4 Å². The summed E-state index contributed by atoms with van der Waals surface area (Å²) < 4.78 is 108. The fraction of sp³-hybridized carbons (Fsp3) is 0. The van der Waals surface area contributed by atoms with E-state index < -0.39 is 82.8 Å². The van der Waals surface area contributed by atoms with Gasteiger partial charge in [-0.3, -0.25) is 0 Å². The highest BCUT2D eigenvalue weighted by atomic mass is 32.2. The number of anilines is 3. The van der Waals surface area contributed by atoms with E-state index >= 15 is 0 Å². The molecule has 0 amide bonds. The zero-order chi connectivity index (χ0) is 28.8. The van der Waals surface area contributed by atoms with Crippen molar-refractivity contribution in [2.75, 3.05) is 17.2 Å². The van der Waals surface area contributed by atoms with Crippen LogP contribution in [-0.2, 0) is 40.3 Å². The first kappa shape index (κ1) is 28.7. The van der Waals surface area contributed by atoms with Crippen LogP contribution in [0.4, 0.5) is 17.1 Å². The average Bonchev–Trinajstić information content (AvgIpc) is 2.76. The second-order valence-electron chi connectivity index (χ2n) is 7.42. The highest BCUT2D eigenvalue weighted by Gasteiger charge is 2.30. The van der Waals surface area contributed by atoms with Gasteiger partial charge in [0, 0.05) is 12.1 Å². The molecule has 0 saturated heterocycles. The Labute approximate surface area is 216 Å². The quantitative estimate of drug-likeness (QED) is 0.101. The molecule has 3 rings (SSSR count). The van der Waals surface area contributed by atoms with Gasteiger partial charge in [0.2, 0.25) is 20.0 Å². The van der Waals surface area contributed by atoms with Gasteiger partial charge in [-0.2, -0.15) is 16.8 Å². The molecular formula is C18H19N5O11S4. The molecule has 206 valence electrons. The second kappa shape index (κ2) is 9.49. The maximum Gasteiger partial charge on any atom is 0.343 e. The topological polar surface area (TPSA) is 305 Å². The number of nitrogens with two attached hydrogens (primary N) is 5. The van der Waals surface area contributed by atoms with Gasteiger partial charge in [0.15, 0.2) is 22.1 Å². The molecular weight excluding hydrogens is 590 g/mol. The van der Waals surface area contributed by atoms with E-state index in [1.165, 1.54) is 0 Å². The lowest BCUT2D eigenvalue weighted by Gasteiger charge is -2.15. The van der Waals surface area contributed by atoms with Crippen molar-refractivity contribution < 1.29 is 47.1 Å². The molecule has 16 nitrogen and oxygen atoms in total. The fourth-order valence-corrected chi connectivity index (χ4v) is 6.03. The number of aromatic hydroxyl groups is 1. The summed E-state index contributed by atoms with van der Waals surface area (Å²) in [4.78, 5) is -3.21. The van der Waals surface area contributed by atoms with Crippen molar-refractivity contribution in [2.45, 2.75) is 19.6 Å². The highest BCUT2D eigenvalue weighted by molar-refractivity contribution is 7.89. The van der Waals surface area contributed by atoms with Crippen LogP contribution < -0.4 is 35.8 Å². The summed E-state index contributed by atoms with van der Waals surface area (Å²) in [5.41, 5.74) is 15.4. The smallest absolute Gasteiger partial charge is 0.343 e. The van der Waals surface area contributed by atoms with Gasteiger partial charge in [0.1, 0.15) is 4.90 Å². The van der Waals surface area contributed by atoms with Gasteiger partial charge in [-0.15, -0.1) is 0 Å². The third-order valence-electron chi connectivity index (χ3n) is 4.66. The van der Waals surface area contributed by atoms with Crippen LogP contribution in [0.15, 0.2) is 68.1 Å². The third-order valence-corrected chi connectivity index (χ3v) is 8.94. The van der Waals surface area contributed by atoms with Gasteiger partial charge in [-0.05, 0) is 36.4 Å².